The van der Waals surface area contributed by atoms with Crippen LogP contribution in [-0.4, -0.2) is 22.5 Å². The lowest BCUT2D eigenvalue weighted by molar-refractivity contribution is -0.157. The number of carbonyl (C=O) groups is 3. The topological polar surface area (TPSA) is 73.3 Å². The number of halogens is 2. The molecule has 1 heterocycles. The molecule has 0 aliphatic heterocycles. The van der Waals surface area contributed by atoms with E-state index in [2.05, 4.69) is 36.8 Å². The Morgan fingerprint density at radius 2 is 1.81 bits per heavy atom. The molecule has 0 saturated heterocycles. The standard InChI is InChI=1S/C20H17Br2NO4/c1-18(2)19(3)6-7-20(18,16(25)15(19)24)17(26)27-14-12(22)9-11(21)10-5-4-8-23-13(10)14/h4-5,8-9H,6-7H2,1-3H3/t19-,20-/m1/s1. The van der Waals surface area contributed by atoms with Crippen molar-refractivity contribution < 1.29 is 19.1 Å². The number of aromatic nitrogens is 1. The first-order valence-corrected chi connectivity index (χ1v) is 10.2. The summed E-state index contributed by atoms with van der Waals surface area (Å²) < 4.78 is 7.12. The average Bonchev–Trinajstić information content (AvgIpc) is 2.90. The van der Waals surface area contributed by atoms with Crippen LogP contribution >= 0.6 is 31.9 Å². The van der Waals surface area contributed by atoms with E-state index in [0.717, 1.165) is 9.86 Å². The van der Waals surface area contributed by atoms with Crippen LogP contribution < -0.4 is 4.74 Å². The van der Waals surface area contributed by atoms with Crippen molar-refractivity contribution in [2.75, 3.05) is 0 Å². The fraction of sp³-hybridized carbons (Fsp3) is 0.400. The van der Waals surface area contributed by atoms with Gasteiger partial charge < -0.3 is 4.74 Å². The van der Waals surface area contributed by atoms with Crippen molar-refractivity contribution in [1.82, 2.24) is 4.98 Å². The summed E-state index contributed by atoms with van der Waals surface area (Å²) in [6.07, 6.45) is 2.43. The molecule has 2 aliphatic rings. The molecule has 1 aromatic carbocycles. The number of benzene rings is 1. The molecule has 5 nitrogen and oxygen atoms in total. The van der Waals surface area contributed by atoms with E-state index in [-0.39, 0.29) is 5.75 Å². The molecule has 4 rings (SSSR count). The molecule has 0 amide bonds. The van der Waals surface area contributed by atoms with Gasteiger partial charge in [-0.2, -0.15) is 0 Å². The zero-order valence-electron chi connectivity index (χ0n) is 15.1. The van der Waals surface area contributed by atoms with Crippen LogP contribution in [0, 0.1) is 16.2 Å². The molecule has 2 saturated carbocycles. The maximum absolute atomic E-state index is 13.3. The summed E-state index contributed by atoms with van der Waals surface area (Å²) in [5.41, 5.74) is -2.60. The molecule has 0 radical (unpaired) electrons. The molecule has 0 spiro atoms. The summed E-state index contributed by atoms with van der Waals surface area (Å²) in [7, 11) is 0. The highest BCUT2D eigenvalue weighted by molar-refractivity contribution is 9.11. The third-order valence-corrected chi connectivity index (χ3v) is 8.08. The van der Waals surface area contributed by atoms with Crippen LogP contribution in [0.2, 0.25) is 0 Å². The number of ether oxygens (including phenoxy) is 1. The summed E-state index contributed by atoms with van der Waals surface area (Å²) in [6.45, 7) is 5.41. The lowest BCUT2D eigenvalue weighted by Gasteiger charge is -2.36. The van der Waals surface area contributed by atoms with Gasteiger partial charge in [-0.25, -0.2) is 0 Å². The Balaban J connectivity index is 1.84. The molecule has 1 aromatic heterocycles. The number of rotatable bonds is 2. The molecule has 0 N–H and O–H groups in total. The van der Waals surface area contributed by atoms with Crippen molar-refractivity contribution in [2.24, 2.45) is 16.2 Å². The summed E-state index contributed by atoms with van der Waals surface area (Å²) in [5, 5.41) is 0.783. The minimum absolute atomic E-state index is 0.254. The van der Waals surface area contributed by atoms with Crippen LogP contribution in [-0.2, 0) is 14.4 Å². The van der Waals surface area contributed by atoms with Gasteiger partial charge in [0, 0.05) is 26.9 Å². The third-order valence-electron chi connectivity index (χ3n) is 6.84. The summed E-state index contributed by atoms with van der Waals surface area (Å²) in [4.78, 5) is 43.1. The summed E-state index contributed by atoms with van der Waals surface area (Å²) in [6, 6.07) is 5.42. The number of hydrogen-bond donors (Lipinski definition) is 0. The lowest BCUT2D eigenvalue weighted by Crippen LogP contribution is -2.47. The van der Waals surface area contributed by atoms with Crippen LogP contribution in [0.25, 0.3) is 10.9 Å². The average molecular weight is 495 g/mol. The molecule has 0 unspecified atom stereocenters. The number of hydrogen-bond acceptors (Lipinski definition) is 5. The fourth-order valence-corrected chi connectivity index (χ4v) is 6.00. The molecular formula is C20H17Br2NO4. The van der Waals surface area contributed by atoms with Crippen molar-refractivity contribution >= 4 is 60.3 Å². The Hall–Kier alpha value is -1.60. The van der Waals surface area contributed by atoms with Crippen LogP contribution in [0.3, 0.4) is 0 Å². The Kier molecular flexibility index (Phi) is 3.96. The number of esters is 1. The molecule has 2 aromatic rings. The molecule has 2 fully saturated rings. The van der Waals surface area contributed by atoms with Gasteiger partial charge in [0.2, 0.25) is 11.6 Å². The predicted molar refractivity (Wildman–Crippen MR) is 106 cm³/mol. The number of ketones is 2. The van der Waals surface area contributed by atoms with Crippen LogP contribution in [0.15, 0.2) is 33.3 Å². The first kappa shape index (κ1) is 18.7. The Morgan fingerprint density at radius 1 is 1.11 bits per heavy atom. The monoisotopic (exact) mass is 493 g/mol. The van der Waals surface area contributed by atoms with Gasteiger partial charge in [-0.1, -0.05) is 42.8 Å². The van der Waals surface area contributed by atoms with Gasteiger partial charge in [-0.05, 0) is 40.9 Å². The van der Waals surface area contributed by atoms with Crippen molar-refractivity contribution in [1.29, 1.82) is 0 Å². The van der Waals surface area contributed by atoms with E-state index < -0.39 is 33.8 Å². The van der Waals surface area contributed by atoms with Gasteiger partial charge in [-0.3, -0.25) is 19.4 Å². The Morgan fingerprint density at radius 3 is 2.44 bits per heavy atom. The molecule has 2 bridgehead atoms. The van der Waals surface area contributed by atoms with Gasteiger partial charge >= 0.3 is 5.97 Å². The molecule has 2 aliphatic carbocycles. The number of pyridine rings is 1. The van der Waals surface area contributed by atoms with Crippen molar-refractivity contribution in [3.05, 3.63) is 33.3 Å². The molecule has 27 heavy (non-hydrogen) atoms. The SMILES string of the molecule is CC1(C)[C@]2(C(=O)Oc3c(Br)cc(Br)c4cccnc34)CC[C@]1(C)C(=O)C2=O. The highest BCUT2D eigenvalue weighted by atomic mass is 79.9. The smallest absolute Gasteiger partial charge is 0.326 e. The first-order chi connectivity index (χ1) is 12.6. The normalized spacial score (nSPS) is 28.8. The Bertz CT molecular complexity index is 1050. The van der Waals surface area contributed by atoms with Crippen LogP contribution in [0.1, 0.15) is 33.6 Å². The van der Waals surface area contributed by atoms with Gasteiger partial charge in [-0.15, -0.1) is 0 Å². The fourth-order valence-electron chi connectivity index (χ4n) is 4.65. The second-order valence-electron chi connectivity index (χ2n) is 7.98. The van der Waals surface area contributed by atoms with E-state index in [4.69, 9.17) is 4.74 Å². The van der Waals surface area contributed by atoms with E-state index >= 15 is 0 Å². The minimum Gasteiger partial charge on any atom is -0.422 e. The van der Waals surface area contributed by atoms with E-state index in [0.29, 0.717) is 22.8 Å². The van der Waals surface area contributed by atoms with Crippen molar-refractivity contribution in [2.45, 2.75) is 33.6 Å². The third kappa shape index (κ3) is 2.10. The van der Waals surface area contributed by atoms with E-state index in [9.17, 15) is 14.4 Å². The minimum atomic E-state index is -1.45. The first-order valence-electron chi connectivity index (χ1n) is 8.62. The zero-order valence-corrected chi connectivity index (χ0v) is 18.2. The summed E-state index contributed by atoms with van der Waals surface area (Å²) >= 11 is 6.90. The highest BCUT2D eigenvalue weighted by Crippen LogP contribution is 2.69. The number of carbonyl (C=O) groups excluding carboxylic acids is 3. The lowest BCUT2D eigenvalue weighted by atomic mass is 9.65. The molecule has 140 valence electrons. The Labute approximate surface area is 173 Å². The van der Waals surface area contributed by atoms with Crippen molar-refractivity contribution in [3.63, 3.8) is 0 Å². The maximum atomic E-state index is 13.3. The van der Waals surface area contributed by atoms with Gasteiger partial charge in [0.25, 0.3) is 0 Å². The number of nitrogens with zero attached hydrogens (tertiary/aromatic N) is 1. The highest BCUT2D eigenvalue weighted by Gasteiger charge is 2.78. The largest absolute Gasteiger partial charge is 0.422 e. The van der Waals surface area contributed by atoms with E-state index in [1.807, 2.05) is 19.9 Å². The molecule has 7 heteroatoms. The number of fused-ring (bicyclic) bond motifs is 3. The van der Waals surface area contributed by atoms with Crippen molar-refractivity contribution in [3.8, 4) is 5.75 Å². The van der Waals surface area contributed by atoms with Gasteiger partial charge in [0.1, 0.15) is 10.9 Å². The second kappa shape index (κ2) is 5.70. The number of Topliss-reactive ketones (excluding diaryl/α,β-unsaturated/α-hetero) is 2. The summed E-state index contributed by atoms with van der Waals surface area (Å²) in [5.74, 6) is -1.52. The zero-order chi connectivity index (χ0) is 19.8. The van der Waals surface area contributed by atoms with E-state index in [1.165, 1.54) is 0 Å². The van der Waals surface area contributed by atoms with Gasteiger partial charge in [0.15, 0.2) is 5.75 Å². The molecule has 2 atom stereocenters. The van der Waals surface area contributed by atoms with Gasteiger partial charge in [0.05, 0.1) is 4.47 Å². The maximum Gasteiger partial charge on any atom is 0.326 e. The quantitative estimate of drug-likeness (QED) is 0.263. The van der Waals surface area contributed by atoms with Crippen LogP contribution in [0.4, 0.5) is 0 Å². The van der Waals surface area contributed by atoms with Crippen LogP contribution in [0.5, 0.6) is 5.75 Å². The second-order valence-corrected chi connectivity index (χ2v) is 9.69. The van der Waals surface area contributed by atoms with E-state index in [1.54, 1.807) is 25.3 Å². The molecular weight excluding hydrogens is 478 g/mol. The predicted octanol–water partition coefficient (Wildman–Crippen LogP) is 4.63.